The Balaban J connectivity index is 1.70. The fraction of sp³-hybridized carbons (Fsp3) is 0.0833. The Kier molecular flexibility index (Phi) is 4.25. The van der Waals surface area contributed by atoms with Crippen molar-refractivity contribution < 1.29 is 23.5 Å². The monoisotopic (exact) mass is 399 g/mol. The van der Waals surface area contributed by atoms with E-state index in [-0.39, 0.29) is 17.9 Å². The molecule has 2 aromatic heterocycles. The number of carbonyl (C=O) groups excluding carboxylic acids is 2. The Morgan fingerprint density at radius 2 is 1.70 bits per heavy atom. The van der Waals surface area contributed by atoms with E-state index in [1.807, 2.05) is 42.5 Å². The van der Waals surface area contributed by atoms with E-state index in [4.69, 9.17) is 8.83 Å². The van der Waals surface area contributed by atoms with Crippen LogP contribution in [0, 0.1) is 0 Å². The zero-order valence-electron chi connectivity index (χ0n) is 15.8. The Labute approximate surface area is 171 Å². The standard InChI is InChI=1S/C24H17NO5/c26-22(19-11-5-13-30-19)20-21(18-10-3-7-15-6-1-2-9-17(15)18)25(24(28)23(20)27)14-16-8-4-12-29-16/h1-13,21,27H,14H2. The molecule has 0 saturated heterocycles. The molecule has 0 aliphatic carbocycles. The molecule has 1 amide bonds. The average molecular weight is 399 g/mol. The third-order valence-corrected chi connectivity index (χ3v) is 5.32. The number of aliphatic hydroxyl groups excluding tert-OH is 1. The van der Waals surface area contributed by atoms with Crippen LogP contribution in [-0.4, -0.2) is 21.7 Å². The van der Waals surface area contributed by atoms with E-state index < -0.39 is 23.5 Å². The Morgan fingerprint density at radius 3 is 2.47 bits per heavy atom. The number of hydrogen-bond acceptors (Lipinski definition) is 5. The summed E-state index contributed by atoms with van der Waals surface area (Å²) in [5.41, 5.74) is 0.741. The Bertz CT molecular complexity index is 1260. The van der Waals surface area contributed by atoms with Gasteiger partial charge in [0.15, 0.2) is 11.5 Å². The van der Waals surface area contributed by atoms with Crippen LogP contribution in [-0.2, 0) is 11.3 Å². The second-order valence-corrected chi connectivity index (χ2v) is 7.05. The average Bonchev–Trinajstić information content (AvgIpc) is 3.52. The molecule has 6 heteroatoms. The van der Waals surface area contributed by atoms with E-state index in [0.29, 0.717) is 5.76 Å². The van der Waals surface area contributed by atoms with Crippen molar-refractivity contribution in [3.63, 3.8) is 0 Å². The molecule has 5 rings (SSSR count). The SMILES string of the molecule is O=C(C1=C(O)C(=O)N(Cc2ccco2)C1c1cccc2ccccc12)c1ccco1. The molecule has 1 aliphatic rings. The topological polar surface area (TPSA) is 83.9 Å². The van der Waals surface area contributed by atoms with Crippen molar-refractivity contribution in [2.24, 2.45) is 0 Å². The van der Waals surface area contributed by atoms with Gasteiger partial charge in [-0.15, -0.1) is 0 Å². The molecule has 6 nitrogen and oxygen atoms in total. The molecule has 148 valence electrons. The predicted octanol–water partition coefficient (Wildman–Crippen LogP) is 4.80. The van der Waals surface area contributed by atoms with E-state index in [1.54, 1.807) is 18.2 Å². The number of rotatable bonds is 5. The van der Waals surface area contributed by atoms with Crippen molar-refractivity contribution in [2.75, 3.05) is 0 Å². The number of benzene rings is 2. The number of aliphatic hydroxyl groups is 1. The van der Waals surface area contributed by atoms with Gasteiger partial charge in [0.05, 0.1) is 30.7 Å². The van der Waals surface area contributed by atoms with Gasteiger partial charge >= 0.3 is 0 Å². The minimum Gasteiger partial charge on any atom is -0.503 e. The van der Waals surface area contributed by atoms with Gasteiger partial charge in [0, 0.05) is 0 Å². The lowest BCUT2D eigenvalue weighted by Crippen LogP contribution is -2.30. The largest absolute Gasteiger partial charge is 0.503 e. The molecular formula is C24H17NO5. The highest BCUT2D eigenvalue weighted by atomic mass is 16.3. The van der Waals surface area contributed by atoms with Gasteiger partial charge in [0.1, 0.15) is 5.76 Å². The minimum absolute atomic E-state index is 0.00198. The molecule has 1 aliphatic heterocycles. The van der Waals surface area contributed by atoms with Crippen LogP contribution in [0.1, 0.15) is 27.9 Å². The summed E-state index contributed by atoms with van der Waals surface area (Å²) in [4.78, 5) is 27.7. The zero-order chi connectivity index (χ0) is 20.7. The molecule has 3 heterocycles. The van der Waals surface area contributed by atoms with Gasteiger partial charge in [0.25, 0.3) is 5.91 Å². The van der Waals surface area contributed by atoms with Crippen LogP contribution < -0.4 is 0 Å². The van der Waals surface area contributed by atoms with Crippen molar-refractivity contribution in [3.05, 3.63) is 108 Å². The third-order valence-electron chi connectivity index (χ3n) is 5.32. The number of furan rings is 2. The summed E-state index contributed by atoms with van der Waals surface area (Å²) in [6.45, 7) is 0.110. The Hall–Kier alpha value is -4.06. The first-order chi connectivity index (χ1) is 14.6. The number of nitrogens with zero attached hydrogens (tertiary/aromatic N) is 1. The van der Waals surface area contributed by atoms with Crippen LogP contribution in [0.4, 0.5) is 0 Å². The van der Waals surface area contributed by atoms with Crippen molar-refractivity contribution >= 4 is 22.5 Å². The van der Waals surface area contributed by atoms with Crippen LogP contribution in [0.15, 0.2) is 99.4 Å². The first-order valence-corrected chi connectivity index (χ1v) is 9.47. The molecule has 2 aromatic carbocycles. The highest BCUT2D eigenvalue weighted by molar-refractivity contribution is 6.15. The van der Waals surface area contributed by atoms with Gasteiger partial charge < -0.3 is 18.8 Å². The molecule has 1 N–H and O–H groups in total. The predicted molar refractivity (Wildman–Crippen MR) is 109 cm³/mol. The maximum atomic E-state index is 13.2. The van der Waals surface area contributed by atoms with Crippen LogP contribution in [0.5, 0.6) is 0 Å². The summed E-state index contributed by atoms with van der Waals surface area (Å²) >= 11 is 0. The van der Waals surface area contributed by atoms with Crippen LogP contribution >= 0.6 is 0 Å². The molecule has 0 fully saturated rings. The highest BCUT2D eigenvalue weighted by Gasteiger charge is 2.45. The molecule has 4 aromatic rings. The second-order valence-electron chi connectivity index (χ2n) is 7.05. The lowest BCUT2D eigenvalue weighted by molar-refractivity contribution is -0.130. The molecule has 0 saturated carbocycles. The quantitative estimate of drug-likeness (QED) is 0.487. The van der Waals surface area contributed by atoms with Crippen LogP contribution in [0.3, 0.4) is 0 Å². The van der Waals surface area contributed by atoms with Crippen LogP contribution in [0.2, 0.25) is 0 Å². The van der Waals surface area contributed by atoms with Gasteiger partial charge in [-0.05, 0) is 40.6 Å². The smallest absolute Gasteiger partial charge is 0.290 e. The van der Waals surface area contributed by atoms with E-state index >= 15 is 0 Å². The summed E-state index contributed by atoms with van der Waals surface area (Å²) in [6, 6.07) is 19.2. The second kappa shape index (κ2) is 7.08. The number of hydrogen-bond donors (Lipinski definition) is 1. The molecule has 1 atom stereocenters. The summed E-state index contributed by atoms with van der Waals surface area (Å²) in [6.07, 6.45) is 2.90. The number of carbonyl (C=O) groups is 2. The minimum atomic E-state index is -0.786. The van der Waals surface area contributed by atoms with E-state index in [9.17, 15) is 14.7 Å². The fourth-order valence-electron chi connectivity index (χ4n) is 3.97. The Morgan fingerprint density at radius 1 is 0.933 bits per heavy atom. The molecule has 0 bridgehead atoms. The number of amides is 1. The number of ketones is 1. The summed E-state index contributed by atoms with van der Waals surface area (Å²) < 4.78 is 10.7. The first kappa shape index (κ1) is 18.0. The zero-order valence-corrected chi connectivity index (χ0v) is 15.8. The number of Topliss-reactive ketones (excluding diaryl/α,β-unsaturated/α-hetero) is 1. The van der Waals surface area contributed by atoms with Gasteiger partial charge in [-0.25, -0.2) is 0 Å². The van der Waals surface area contributed by atoms with E-state index in [2.05, 4.69) is 0 Å². The normalized spacial score (nSPS) is 16.6. The lowest BCUT2D eigenvalue weighted by atomic mass is 9.91. The maximum absolute atomic E-state index is 13.2. The van der Waals surface area contributed by atoms with Gasteiger partial charge in [-0.2, -0.15) is 0 Å². The van der Waals surface area contributed by atoms with Crippen molar-refractivity contribution in [2.45, 2.75) is 12.6 Å². The lowest BCUT2D eigenvalue weighted by Gasteiger charge is -2.27. The van der Waals surface area contributed by atoms with Crippen LogP contribution in [0.25, 0.3) is 10.8 Å². The molecule has 0 spiro atoms. The van der Waals surface area contributed by atoms with Crippen molar-refractivity contribution in [3.8, 4) is 0 Å². The fourth-order valence-corrected chi connectivity index (χ4v) is 3.97. The summed E-state index contributed by atoms with van der Waals surface area (Å²) in [5.74, 6) is -1.10. The van der Waals surface area contributed by atoms with E-state index in [0.717, 1.165) is 16.3 Å². The van der Waals surface area contributed by atoms with E-state index in [1.165, 1.54) is 23.5 Å². The molecular weight excluding hydrogens is 382 g/mol. The highest BCUT2D eigenvalue weighted by Crippen LogP contribution is 2.42. The van der Waals surface area contributed by atoms with Gasteiger partial charge in [0.2, 0.25) is 5.78 Å². The third kappa shape index (κ3) is 2.81. The molecule has 0 radical (unpaired) electrons. The summed E-state index contributed by atoms with van der Waals surface area (Å²) in [7, 11) is 0. The maximum Gasteiger partial charge on any atom is 0.290 e. The van der Waals surface area contributed by atoms with Gasteiger partial charge in [-0.3, -0.25) is 9.59 Å². The molecule has 30 heavy (non-hydrogen) atoms. The van der Waals surface area contributed by atoms with Gasteiger partial charge in [-0.1, -0.05) is 42.5 Å². The summed E-state index contributed by atoms with van der Waals surface area (Å²) in [5, 5.41) is 12.6. The number of fused-ring (bicyclic) bond motifs is 1. The van der Waals surface area contributed by atoms with Crippen molar-refractivity contribution in [1.29, 1.82) is 0 Å². The van der Waals surface area contributed by atoms with Crippen molar-refractivity contribution in [1.82, 2.24) is 4.90 Å². The molecule has 1 unspecified atom stereocenters. The first-order valence-electron chi connectivity index (χ1n) is 9.47.